The van der Waals surface area contributed by atoms with Gasteiger partial charge in [-0.1, -0.05) is 44.2 Å². The Morgan fingerprint density at radius 3 is 2.33 bits per heavy atom. The van der Waals surface area contributed by atoms with Gasteiger partial charge in [0, 0.05) is 18.2 Å². The van der Waals surface area contributed by atoms with Crippen molar-refractivity contribution in [1.29, 1.82) is 0 Å². The molecule has 0 spiro atoms. The van der Waals surface area contributed by atoms with E-state index in [2.05, 4.69) is 24.5 Å². The van der Waals surface area contributed by atoms with E-state index in [4.69, 9.17) is 4.74 Å². The number of rotatable bonds is 8. The van der Waals surface area contributed by atoms with Gasteiger partial charge in [0.05, 0.1) is 23.8 Å². The zero-order valence-corrected chi connectivity index (χ0v) is 15.9. The smallest absolute Gasteiger partial charge is 0.271 e. The molecule has 2 aromatic carbocycles. The number of nitro benzene ring substituents is 1. The summed E-state index contributed by atoms with van der Waals surface area (Å²) in [5.41, 5.74) is 1.25. The average Bonchev–Trinajstić information content (AvgIpc) is 2.66. The summed E-state index contributed by atoms with van der Waals surface area (Å²) in [4.78, 5) is 23.1. The lowest BCUT2D eigenvalue weighted by Gasteiger charge is -2.26. The second-order valence-corrected chi connectivity index (χ2v) is 6.65. The molecule has 0 radical (unpaired) electrons. The molecule has 7 heteroatoms. The van der Waals surface area contributed by atoms with Crippen LogP contribution < -0.4 is 15.4 Å². The van der Waals surface area contributed by atoms with Crippen molar-refractivity contribution in [3.8, 4) is 5.75 Å². The minimum atomic E-state index is -0.513. The van der Waals surface area contributed by atoms with Crippen molar-refractivity contribution in [2.75, 3.05) is 12.4 Å². The van der Waals surface area contributed by atoms with Crippen LogP contribution in [0, 0.1) is 16.0 Å². The first-order valence-electron chi connectivity index (χ1n) is 8.77. The molecule has 0 aliphatic carbocycles. The molecule has 0 heterocycles. The van der Waals surface area contributed by atoms with Crippen LogP contribution >= 0.6 is 0 Å². The van der Waals surface area contributed by atoms with Crippen LogP contribution in [0.2, 0.25) is 0 Å². The van der Waals surface area contributed by atoms with Gasteiger partial charge >= 0.3 is 0 Å². The lowest BCUT2D eigenvalue weighted by atomic mass is 9.95. The van der Waals surface area contributed by atoms with Crippen LogP contribution in [-0.4, -0.2) is 24.0 Å². The largest absolute Gasteiger partial charge is 0.495 e. The molecule has 2 rings (SSSR count). The molecule has 2 N–H and O–H groups in total. The molecule has 0 aromatic heterocycles. The first-order chi connectivity index (χ1) is 12.8. The van der Waals surface area contributed by atoms with Gasteiger partial charge in [-0.05, 0) is 24.5 Å². The molecule has 2 atom stereocenters. The number of carbonyl (C=O) groups is 1. The first kappa shape index (κ1) is 20.4. The fourth-order valence-electron chi connectivity index (χ4n) is 2.83. The fraction of sp³-hybridized carbons (Fsp3) is 0.350. The Labute approximate surface area is 158 Å². The van der Waals surface area contributed by atoms with Crippen molar-refractivity contribution < 1.29 is 14.5 Å². The highest BCUT2D eigenvalue weighted by atomic mass is 16.6. The summed E-state index contributed by atoms with van der Waals surface area (Å²) in [6, 6.07) is 13.5. The maximum Gasteiger partial charge on any atom is 0.271 e. The van der Waals surface area contributed by atoms with E-state index in [1.165, 1.54) is 25.3 Å². The van der Waals surface area contributed by atoms with Gasteiger partial charge in [-0.3, -0.25) is 20.2 Å². The lowest BCUT2D eigenvalue weighted by Crippen LogP contribution is -2.41. The minimum Gasteiger partial charge on any atom is -0.495 e. The third-order valence-electron chi connectivity index (χ3n) is 4.30. The maximum absolute atomic E-state index is 12.7. The molecular weight excluding hydrogens is 346 g/mol. The number of ether oxygens (including phenoxy) is 1. The highest BCUT2D eigenvalue weighted by Gasteiger charge is 2.23. The molecular formula is C20H25N3O4. The summed E-state index contributed by atoms with van der Waals surface area (Å²) in [6.07, 6.45) is 0. The number of hydrogen-bond donors (Lipinski definition) is 2. The van der Waals surface area contributed by atoms with Crippen molar-refractivity contribution in [3.05, 3.63) is 64.2 Å². The van der Waals surface area contributed by atoms with Gasteiger partial charge in [-0.15, -0.1) is 0 Å². The zero-order valence-electron chi connectivity index (χ0n) is 15.9. The zero-order chi connectivity index (χ0) is 20.0. The molecule has 144 valence electrons. The van der Waals surface area contributed by atoms with Crippen LogP contribution in [0.1, 0.15) is 32.4 Å². The van der Waals surface area contributed by atoms with Gasteiger partial charge in [0.2, 0.25) is 5.91 Å². The summed E-state index contributed by atoms with van der Waals surface area (Å²) >= 11 is 0. The molecule has 0 unspecified atom stereocenters. The molecule has 0 aliphatic heterocycles. The standard InChI is InChI=1S/C20H25N3O4/c1-13(2)19(15-8-6-5-7-9-15)21-14(3)20(24)22-17-12-16(23(25)26)10-11-18(17)27-4/h5-14,19,21H,1-4H3,(H,22,24)/t14-,19+/m1/s1. The number of benzene rings is 2. The number of nitro groups is 1. The van der Waals surface area contributed by atoms with E-state index in [-0.39, 0.29) is 29.2 Å². The number of carbonyl (C=O) groups excluding carboxylic acids is 1. The van der Waals surface area contributed by atoms with Crippen molar-refractivity contribution in [2.24, 2.45) is 5.92 Å². The van der Waals surface area contributed by atoms with E-state index in [1.54, 1.807) is 6.92 Å². The Hall–Kier alpha value is -2.93. The lowest BCUT2D eigenvalue weighted by molar-refractivity contribution is -0.384. The van der Waals surface area contributed by atoms with Gasteiger partial charge in [0.25, 0.3) is 5.69 Å². The fourth-order valence-corrected chi connectivity index (χ4v) is 2.83. The summed E-state index contributed by atoms with van der Waals surface area (Å²) in [6.45, 7) is 5.93. The predicted molar refractivity (Wildman–Crippen MR) is 105 cm³/mol. The second kappa shape index (κ2) is 9.14. The molecule has 0 saturated heterocycles. The van der Waals surface area contributed by atoms with E-state index in [0.29, 0.717) is 5.75 Å². The molecule has 0 aliphatic rings. The molecule has 0 fully saturated rings. The summed E-state index contributed by atoms with van der Waals surface area (Å²) < 4.78 is 5.19. The van der Waals surface area contributed by atoms with E-state index in [0.717, 1.165) is 5.56 Å². The minimum absolute atomic E-state index is 0.000968. The van der Waals surface area contributed by atoms with E-state index in [1.807, 2.05) is 30.3 Å². The quantitative estimate of drug-likeness (QED) is 0.542. The summed E-state index contributed by atoms with van der Waals surface area (Å²) in [7, 11) is 1.45. The summed E-state index contributed by atoms with van der Waals surface area (Å²) in [5, 5.41) is 17.1. The van der Waals surface area contributed by atoms with Gasteiger partial charge in [-0.25, -0.2) is 0 Å². The Kier molecular flexibility index (Phi) is 6.90. The van der Waals surface area contributed by atoms with Crippen LogP contribution in [0.25, 0.3) is 0 Å². The number of nitrogens with one attached hydrogen (secondary N) is 2. The summed E-state index contributed by atoms with van der Waals surface area (Å²) in [5.74, 6) is 0.343. The van der Waals surface area contributed by atoms with Gasteiger partial charge in [0.1, 0.15) is 5.75 Å². The highest BCUT2D eigenvalue weighted by Crippen LogP contribution is 2.29. The number of nitrogens with zero attached hydrogens (tertiary/aromatic N) is 1. The monoisotopic (exact) mass is 371 g/mol. The number of non-ortho nitro benzene ring substituents is 1. The van der Waals surface area contributed by atoms with Crippen LogP contribution in [0.15, 0.2) is 48.5 Å². The first-order valence-corrected chi connectivity index (χ1v) is 8.77. The van der Waals surface area contributed by atoms with Crippen LogP contribution in [0.5, 0.6) is 5.75 Å². The topological polar surface area (TPSA) is 93.5 Å². The third-order valence-corrected chi connectivity index (χ3v) is 4.30. The normalized spacial score (nSPS) is 13.1. The van der Waals surface area contributed by atoms with E-state index in [9.17, 15) is 14.9 Å². The number of methoxy groups -OCH3 is 1. The van der Waals surface area contributed by atoms with E-state index >= 15 is 0 Å². The third kappa shape index (κ3) is 5.27. The van der Waals surface area contributed by atoms with Crippen LogP contribution in [0.3, 0.4) is 0 Å². The molecule has 1 amide bonds. The van der Waals surface area contributed by atoms with Crippen molar-refractivity contribution in [3.63, 3.8) is 0 Å². The van der Waals surface area contributed by atoms with Crippen LogP contribution in [0.4, 0.5) is 11.4 Å². The van der Waals surface area contributed by atoms with Gasteiger partial charge in [0.15, 0.2) is 0 Å². The van der Waals surface area contributed by atoms with Crippen LogP contribution in [-0.2, 0) is 4.79 Å². The van der Waals surface area contributed by atoms with Crippen molar-refractivity contribution in [1.82, 2.24) is 5.32 Å². The second-order valence-electron chi connectivity index (χ2n) is 6.65. The Morgan fingerprint density at radius 1 is 1.11 bits per heavy atom. The van der Waals surface area contributed by atoms with Crippen molar-refractivity contribution in [2.45, 2.75) is 32.9 Å². The number of amides is 1. The Balaban J connectivity index is 2.15. The Bertz CT molecular complexity index is 793. The Morgan fingerprint density at radius 2 is 1.78 bits per heavy atom. The van der Waals surface area contributed by atoms with Gasteiger partial charge < -0.3 is 10.1 Å². The predicted octanol–water partition coefficient (Wildman–Crippen LogP) is 3.92. The molecule has 7 nitrogen and oxygen atoms in total. The number of hydrogen-bond acceptors (Lipinski definition) is 5. The maximum atomic E-state index is 12.7. The average molecular weight is 371 g/mol. The van der Waals surface area contributed by atoms with Gasteiger partial charge in [-0.2, -0.15) is 0 Å². The van der Waals surface area contributed by atoms with E-state index < -0.39 is 11.0 Å². The molecule has 0 bridgehead atoms. The number of anilines is 1. The molecule has 27 heavy (non-hydrogen) atoms. The molecule has 0 saturated carbocycles. The molecule has 2 aromatic rings. The SMILES string of the molecule is COc1ccc([N+](=O)[O-])cc1NC(=O)[C@@H](C)N[C@H](c1ccccc1)C(C)C. The van der Waals surface area contributed by atoms with Crippen molar-refractivity contribution >= 4 is 17.3 Å². The highest BCUT2D eigenvalue weighted by molar-refractivity contribution is 5.96.